The van der Waals surface area contributed by atoms with Crippen molar-refractivity contribution >= 4 is 35.0 Å². The van der Waals surface area contributed by atoms with Crippen LogP contribution in [0.5, 0.6) is 5.75 Å². The van der Waals surface area contributed by atoms with Crippen molar-refractivity contribution in [2.45, 2.75) is 24.4 Å². The van der Waals surface area contributed by atoms with Crippen LogP contribution in [0.15, 0.2) is 58.7 Å². The van der Waals surface area contributed by atoms with E-state index in [1.165, 1.54) is 31.1 Å². The molecule has 9 heteroatoms. The second-order valence-electron chi connectivity index (χ2n) is 6.15. The van der Waals surface area contributed by atoms with Gasteiger partial charge >= 0.3 is 0 Å². The molecule has 1 N–H and O–H groups in total. The minimum atomic E-state index is -0.248. The summed E-state index contributed by atoms with van der Waals surface area (Å²) in [6, 6.07) is 10.1. The van der Waals surface area contributed by atoms with Crippen LogP contribution in [0.4, 0.5) is 5.69 Å². The van der Waals surface area contributed by atoms with Crippen LogP contribution in [0, 0.1) is 6.92 Å². The van der Waals surface area contributed by atoms with Crippen molar-refractivity contribution in [3.05, 3.63) is 75.4 Å². The molecule has 0 spiro atoms. The van der Waals surface area contributed by atoms with Gasteiger partial charge in [-0.2, -0.15) is 0 Å². The number of aryl methyl sites for hydroxylation is 1. The third kappa shape index (κ3) is 5.82. The van der Waals surface area contributed by atoms with E-state index in [2.05, 4.69) is 15.3 Å². The van der Waals surface area contributed by atoms with Crippen molar-refractivity contribution in [3.63, 3.8) is 0 Å². The summed E-state index contributed by atoms with van der Waals surface area (Å²) in [7, 11) is 1.42. The molecule has 29 heavy (non-hydrogen) atoms. The third-order valence-electron chi connectivity index (χ3n) is 3.97. The summed E-state index contributed by atoms with van der Waals surface area (Å²) in [6.45, 7) is 1.90. The van der Waals surface area contributed by atoms with E-state index in [4.69, 9.17) is 16.3 Å². The first-order valence-corrected chi connectivity index (χ1v) is 10.1. The molecule has 0 bridgehead atoms. The highest BCUT2D eigenvalue weighted by molar-refractivity contribution is 7.98. The predicted molar refractivity (Wildman–Crippen MR) is 114 cm³/mol. The number of thioether (sulfide) groups is 1. The monoisotopic (exact) mass is 430 g/mol. The summed E-state index contributed by atoms with van der Waals surface area (Å²) < 4.78 is 6.81. The fourth-order valence-corrected chi connectivity index (χ4v) is 3.54. The number of carbonyl (C=O) groups is 1. The van der Waals surface area contributed by atoms with Crippen LogP contribution in [0.1, 0.15) is 11.4 Å². The van der Waals surface area contributed by atoms with Crippen molar-refractivity contribution < 1.29 is 9.53 Å². The molecule has 7 nitrogen and oxygen atoms in total. The molecule has 0 aliphatic rings. The largest absolute Gasteiger partial charge is 0.491 e. The number of aromatic nitrogens is 3. The molecular formula is C20H19ClN4O3S. The number of nitrogens with zero attached hydrogens (tertiary/aromatic N) is 3. The van der Waals surface area contributed by atoms with Gasteiger partial charge in [0.15, 0.2) is 10.9 Å². The Morgan fingerprint density at radius 1 is 1.28 bits per heavy atom. The van der Waals surface area contributed by atoms with Crippen molar-refractivity contribution in [2.75, 3.05) is 12.4 Å². The van der Waals surface area contributed by atoms with Crippen LogP contribution in [0.25, 0.3) is 0 Å². The second-order valence-corrected chi connectivity index (χ2v) is 7.53. The Morgan fingerprint density at radius 2 is 2.03 bits per heavy atom. The number of hydrogen-bond donors (Lipinski definition) is 1. The van der Waals surface area contributed by atoms with Gasteiger partial charge in [-0.05, 0) is 37.3 Å². The Bertz CT molecular complexity index is 1070. The number of hydrogen-bond acceptors (Lipinski definition) is 6. The molecule has 150 valence electrons. The Hall–Kier alpha value is -2.84. The first-order chi connectivity index (χ1) is 13.9. The highest BCUT2D eigenvalue weighted by atomic mass is 35.5. The molecule has 0 unspecified atom stereocenters. The molecule has 0 aliphatic carbocycles. The fourth-order valence-electron chi connectivity index (χ4n) is 2.54. The van der Waals surface area contributed by atoms with Crippen molar-refractivity contribution in [1.29, 1.82) is 0 Å². The molecule has 3 aromatic rings. The molecule has 0 radical (unpaired) electrons. The normalized spacial score (nSPS) is 10.6. The Morgan fingerprint density at radius 3 is 2.72 bits per heavy atom. The zero-order valence-corrected chi connectivity index (χ0v) is 17.5. The molecule has 0 saturated heterocycles. The average molecular weight is 431 g/mol. The quantitative estimate of drug-likeness (QED) is 0.455. The lowest BCUT2D eigenvalue weighted by molar-refractivity contribution is -0.116. The fraction of sp³-hybridized carbons (Fsp3) is 0.200. The van der Waals surface area contributed by atoms with Gasteiger partial charge in [0.2, 0.25) is 11.3 Å². The van der Waals surface area contributed by atoms with Crippen LogP contribution >= 0.6 is 23.4 Å². The van der Waals surface area contributed by atoms with Gasteiger partial charge in [0, 0.05) is 40.1 Å². The maximum atomic E-state index is 12.5. The minimum absolute atomic E-state index is 0.0177. The first kappa shape index (κ1) is 20.9. The van der Waals surface area contributed by atoms with E-state index >= 15 is 0 Å². The number of rotatable bonds is 7. The van der Waals surface area contributed by atoms with Gasteiger partial charge < -0.3 is 14.6 Å². The van der Waals surface area contributed by atoms with Gasteiger partial charge in [0.05, 0.1) is 13.3 Å². The van der Waals surface area contributed by atoms with E-state index in [1.54, 1.807) is 35.0 Å². The number of methoxy groups -OCH3 is 1. The standard InChI is InChI=1S/C20H19ClN4O3S/c1-13-7-8-22-20(23-13)29-12-16-9-17(26)18(28-2)10-25(16)11-19(27)24-15-5-3-14(21)4-6-15/h3-10H,11-12H2,1-2H3,(H,24,27). The molecular weight excluding hydrogens is 412 g/mol. The molecule has 3 rings (SSSR count). The highest BCUT2D eigenvalue weighted by Crippen LogP contribution is 2.20. The summed E-state index contributed by atoms with van der Waals surface area (Å²) in [4.78, 5) is 33.3. The number of halogens is 1. The molecule has 0 aliphatic heterocycles. The average Bonchev–Trinajstić information content (AvgIpc) is 2.69. The molecule has 0 fully saturated rings. The number of benzene rings is 1. The Balaban J connectivity index is 1.78. The maximum absolute atomic E-state index is 12.5. The SMILES string of the molecule is COc1cn(CC(=O)Nc2ccc(Cl)cc2)c(CSc2nccc(C)n2)cc1=O. The molecule has 2 heterocycles. The maximum Gasteiger partial charge on any atom is 0.244 e. The van der Waals surface area contributed by atoms with Crippen LogP contribution in [0.3, 0.4) is 0 Å². The van der Waals surface area contributed by atoms with Crippen LogP contribution in [0.2, 0.25) is 5.02 Å². The van der Waals surface area contributed by atoms with Gasteiger partial charge in [-0.15, -0.1) is 0 Å². The number of nitrogens with one attached hydrogen (secondary N) is 1. The number of ether oxygens (including phenoxy) is 1. The van der Waals surface area contributed by atoms with E-state index in [1.807, 2.05) is 13.0 Å². The number of amides is 1. The van der Waals surface area contributed by atoms with E-state index in [0.29, 0.717) is 27.3 Å². The molecule has 0 atom stereocenters. The van der Waals surface area contributed by atoms with Crippen molar-refractivity contribution in [1.82, 2.24) is 14.5 Å². The van der Waals surface area contributed by atoms with Gasteiger partial charge in [-0.25, -0.2) is 9.97 Å². The highest BCUT2D eigenvalue weighted by Gasteiger charge is 2.12. The second kappa shape index (κ2) is 9.58. The summed E-state index contributed by atoms with van der Waals surface area (Å²) in [6.07, 6.45) is 3.22. The lowest BCUT2D eigenvalue weighted by Gasteiger charge is -2.14. The summed E-state index contributed by atoms with van der Waals surface area (Å²) in [5.41, 5.74) is 1.91. The summed E-state index contributed by atoms with van der Waals surface area (Å²) in [5.74, 6) is 0.359. The zero-order chi connectivity index (χ0) is 20.8. The first-order valence-electron chi connectivity index (χ1n) is 8.70. The lowest BCUT2D eigenvalue weighted by Crippen LogP contribution is -2.22. The molecule has 1 aromatic carbocycles. The van der Waals surface area contributed by atoms with Gasteiger partial charge in [-0.3, -0.25) is 9.59 Å². The molecule has 1 amide bonds. The van der Waals surface area contributed by atoms with Crippen LogP contribution in [-0.4, -0.2) is 27.6 Å². The van der Waals surface area contributed by atoms with Crippen LogP contribution < -0.4 is 15.5 Å². The topological polar surface area (TPSA) is 86.1 Å². The van der Waals surface area contributed by atoms with Crippen molar-refractivity contribution in [2.24, 2.45) is 0 Å². The predicted octanol–water partition coefficient (Wildman–Crippen LogP) is 3.54. The third-order valence-corrected chi connectivity index (χ3v) is 5.11. The zero-order valence-electron chi connectivity index (χ0n) is 15.9. The summed E-state index contributed by atoms with van der Waals surface area (Å²) in [5, 5.41) is 4.00. The van der Waals surface area contributed by atoms with E-state index in [-0.39, 0.29) is 23.6 Å². The van der Waals surface area contributed by atoms with Gasteiger partial charge in [0.25, 0.3) is 0 Å². The Labute approximate surface area is 177 Å². The smallest absolute Gasteiger partial charge is 0.244 e. The molecule has 0 saturated carbocycles. The van der Waals surface area contributed by atoms with Crippen LogP contribution in [-0.2, 0) is 17.1 Å². The van der Waals surface area contributed by atoms with Gasteiger partial charge in [-0.1, -0.05) is 23.4 Å². The van der Waals surface area contributed by atoms with E-state index in [9.17, 15) is 9.59 Å². The number of pyridine rings is 1. The summed E-state index contributed by atoms with van der Waals surface area (Å²) >= 11 is 7.26. The number of anilines is 1. The Kier molecular flexibility index (Phi) is 6.90. The van der Waals surface area contributed by atoms with E-state index in [0.717, 1.165) is 5.69 Å². The van der Waals surface area contributed by atoms with Crippen molar-refractivity contribution in [3.8, 4) is 5.75 Å². The number of carbonyl (C=O) groups excluding carboxylic acids is 1. The van der Waals surface area contributed by atoms with Gasteiger partial charge in [0.1, 0.15) is 6.54 Å². The minimum Gasteiger partial charge on any atom is -0.491 e. The lowest BCUT2D eigenvalue weighted by atomic mass is 10.3. The van der Waals surface area contributed by atoms with E-state index < -0.39 is 0 Å². The molecule has 2 aromatic heterocycles.